The largest absolute Gasteiger partial charge is 0.294 e. The van der Waals surface area contributed by atoms with E-state index in [-0.39, 0.29) is 30.0 Å². The summed E-state index contributed by atoms with van der Waals surface area (Å²) in [7, 11) is 0. The summed E-state index contributed by atoms with van der Waals surface area (Å²) in [4.78, 5) is 31.1. The Morgan fingerprint density at radius 1 is 0.947 bits per heavy atom. The summed E-state index contributed by atoms with van der Waals surface area (Å²) in [6.45, 7) is 0. The molecular weight excluding hydrogens is 247 g/mol. The predicted molar refractivity (Wildman–Crippen MR) is 66.3 cm³/mol. The molecule has 5 heteroatoms. The fraction of sp³-hybridized carbons (Fsp3) is 0.143. The van der Waals surface area contributed by atoms with Crippen molar-refractivity contribution in [1.82, 2.24) is 9.97 Å². The maximum atomic E-state index is 13.4. The van der Waals surface area contributed by atoms with Gasteiger partial charge in [-0.1, -0.05) is 12.1 Å². The molecule has 0 N–H and O–H groups in total. The minimum atomic E-state index is -0.573. The molecule has 0 saturated carbocycles. The number of hydrogen-bond donors (Lipinski definition) is 0. The molecule has 0 fully saturated rings. The van der Waals surface area contributed by atoms with Gasteiger partial charge in [0.25, 0.3) is 0 Å². The topological polar surface area (TPSA) is 59.9 Å². The minimum absolute atomic E-state index is 0.00396. The second kappa shape index (κ2) is 5.95. The maximum Gasteiger partial charge on any atom is 0.200 e. The number of carbonyl (C=O) groups excluding carboxylic acids is 2. The van der Waals surface area contributed by atoms with Gasteiger partial charge < -0.3 is 0 Å². The quantitative estimate of drug-likeness (QED) is 0.773. The third-order valence-electron chi connectivity index (χ3n) is 2.57. The van der Waals surface area contributed by atoms with E-state index in [1.165, 1.54) is 30.6 Å². The molecule has 4 nitrogen and oxygen atoms in total. The van der Waals surface area contributed by atoms with Crippen molar-refractivity contribution < 1.29 is 14.0 Å². The number of rotatable bonds is 5. The summed E-state index contributed by atoms with van der Waals surface area (Å²) in [5.41, 5.74) is 0.00396. The van der Waals surface area contributed by atoms with Crippen LogP contribution in [0.3, 0.4) is 0 Å². The average molecular weight is 258 g/mol. The predicted octanol–water partition coefficient (Wildman–Crippen LogP) is 2.46. The van der Waals surface area contributed by atoms with Gasteiger partial charge in [0.1, 0.15) is 5.82 Å². The van der Waals surface area contributed by atoms with Gasteiger partial charge in [-0.25, -0.2) is 14.4 Å². The van der Waals surface area contributed by atoms with Gasteiger partial charge in [-0.05, 0) is 18.2 Å². The Labute approximate surface area is 109 Å². The smallest absolute Gasteiger partial charge is 0.200 e. The Balaban J connectivity index is 1.98. The molecule has 0 spiro atoms. The van der Waals surface area contributed by atoms with E-state index in [9.17, 15) is 14.0 Å². The van der Waals surface area contributed by atoms with E-state index in [2.05, 4.69) is 9.97 Å². The highest BCUT2D eigenvalue weighted by atomic mass is 19.1. The zero-order chi connectivity index (χ0) is 13.7. The van der Waals surface area contributed by atoms with E-state index in [0.29, 0.717) is 0 Å². The number of Topliss-reactive ketones (excluding diaryl/α,β-unsaturated/α-hetero) is 2. The van der Waals surface area contributed by atoms with Crippen molar-refractivity contribution in [3.8, 4) is 0 Å². The third-order valence-corrected chi connectivity index (χ3v) is 2.57. The Kier molecular flexibility index (Phi) is 4.07. The number of ketones is 2. The van der Waals surface area contributed by atoms with Crippen LogP contribution in [0.1, 0.15) is 33.8 Å². The molecule has 2 aromatic rings. The molecule has 19 heavy (non-hydrogen) atoms. The van der Waals surface area contributed by atoms with Gasteiger partial charge in [-0.15, -0.1) is 0 Å². The highest BCUT2D eigenvalue weighted by Gasteiger charge is 2.14. The van der Waals surface area contributed by atoms with Gasteiger partial charge in [-0.3, -0.25) is 9.59 Å². The van der Waals surface area contributed by atoms with E-state index in [4.69, 9.17) is 0 Å². The van der Waals surface area contributed by atoms with Crippen LogP contribution < -0.4 is 0 Å². The molecule has 0 amide bonds. The number of hydrogen-bond acceptors (Lipinski definition) is 4. The van der Waals surface area contributed by atoms with Crippen molar-refractivity contribution in [2.24, 2.45) is 0 Å². The lowest BCUT2D eigenvalue weighted by atomic mass is 10.0. The van der Waals surface area contributed by atoms with Crippen LogP contribution in [-0.2, 0) is 0 Å². The van der Waals surface area contributed by atoms with Crippen LogP contribution in [0.25, 0.3) is 0 Å². The lowest BCUT2D eigenvalue weighted by Gasteiger charge is -2.01. The van der Waals surface area contributed by atoms with Gasteiger partial charge in [-0.2, -0.15) is 0 Å². The Hall–Kier alpha value is -2.43. The lowest BCUT2D eigenvalue weighted by Crippen LogP contribution is -2.09. The molecule has 2 rings (SSSR count). The molecule has 0 aliphatic carbocycles. The van der Waals surface area contributed by atoms with E-state index >= 15 is 0 Å². The van der Waals surface area contributed by atoms with E-state index in [1.807, 2.05) is 0 Å². The fourth-order valence-electron chi connectivity index (χ4n) is 1.60. The summed E-state index contributed by atoms with van der Waals surface area (Å²) in [6.07, 6.45) is 2.83. The Morgan fingerprint density at radius 3 is 2.26 bits per heavy atom. The monoisotopic (exact) mass is 258 g/mol. The molecule has 0 unspecified atom stereocenters. The molecule has 0 aliphatic rings. The normalized spacial score (nSPS) is 10.2. The van der Waals surface area contributed by atoms with Crippen molar-refractivity contribution in [2.75, 3.05) is 0 Å². The highest BCUT2D eigenvalue weighted by Crippen LogP contribution is 2.11. The van der Waals surface area contributed by atoms with Crippen LogP contribution in [0.15, 0.2) is 42.7 Å². The number of nitrogens with zero attached hydrogens (tertiary/aromatic N) is 2. The number of benzene rings is 1. The first-order chi connectivity index (χ1) is 9.18. The zero-order valence-electron chi connectivity index (χ0n) is 10.0. The van der Waals surface area contributed by atoms with Gasteiger partial charge in [0.2, 0.25) is 0 Å². The summed E-state index contributed by atoms with van der Waals surface area (Å²) in [5.74, 6) is -1.23. The number of aromatic nitrogens is 2. The first-order valence-corrected chi connectivity index (χ1v) is 5.76. The van der Waals surface area contributed by atoms with E-state index in [0.717, 1.165) is 0 Å². The molecular formula is C14H11FN2O2. The van der Waals surface area contributed by atoms with Crippen LogP contribution >= 0.6 is 0 Å². The van der Waals surface area contributed by atoms with Crippen LogP contribution in [0, 0.1) is 5.82 Å². The molecule has 1 aromatic heterocycles. The number of halogens is 1. The second-order valence-electron chi connectivity index (χ2n) is 3.90. The molecule has 1 heterocycles. The molecule has 1 aromatic carbocycles. The van der Waals surface area contributed by atoms with E-state index < -0.39 is 11.6 Å². The summed E-state index contributed by atoms with van der Waals surface area (Å²) >= 11 is 0. The summed E-state index contributed by atoms with van der Waals surface area (Å²) < 4.78 is 13.4. The molecule has 96 valence electrons. The Morgan fingerprint density at radius 2 is 1.58 bits per heavy atom. The third kappa shape index (κ3) is 3.28. The van der Waals surface area contributed by atoms with E-state index in [1.54, 1.807) is 12.1 Å². The molecule has 0 bridgehead atoms. The van der Waals surface area contributed by atoms with Crippen LogP contribution in [0.4, 0.5) is 4.39 Å². The maximum absolute atomic E-state index is 13.4. The highest BCUT2D eigenvalue weighted by molar-refractivity contribution is 6.00. The molecule has 0 aliphatic heterocycles. The molecule has 0 saturated heterocycles. The van der Waals surface area contributed by atoms with Crippen molar-refractivity contribution in [3.05, 3.63) is 59.9 Å². The van der Waals surface area contributed by atoms with Crippen LogP contribution in [0.5, 0.6) is 0 Å². The zero-order valence-corrected chi connectivity index (χ0v) is 10.0. The SMILES string of the molecule is O=C(CCC(=O)c1ccccc1F)c1ncccn1. The summed E-state index contributed by atoms with van der Waals surface area (Å²) in [6, 6.07) is 7.31. The van der Waals surface area contributed by atoms with Crippen molar-refractivity contribution in [3.63, 3.8) is 0 Å². The first-order valence-electron chi connectivity index (χ1n) is 5.76. The average Bonchev–Trinajstić information content (AvgIpc) is 2.46. The first kappa shape index (κ1) is 13.0. The van der Waals surface area contributed by atoms with Crippen LogP contribution in [0.2, 0.25) is 0 Å². The van der Waals surface area contributed by atoms with Crippen molar-refractivity contribution >= 4 is 11.6 Å². The fourth-order valence-corrected chi connectivity index (χ4v) is 1.60. The van der Waals surface area contributed by atoms with Crippen molar-refractivity contribution in [2.45, 2.75) is 12.8 Å². The number of carbonyl (C=O) groups is 2. The van der Waals surface area contributed by atoms with Crippen LogP contribution in [-0.4, -0.2) is 21.5 Å². The second-order valence-corrected chi connectivity index (χ2v) is 3.90. The Bertz CT molecular complexity index is 599. The lowest BCUT2D eigenvalue weighted by molar-refractivity contribution is 0.0910. The molecule has 0 atom stereocenters. The standard InChI is InChI=1S/C14H11FN2O2/c15-11-5-2-1-4-10(11)12(18)6-7-13(19)14-16-8-3-9-17-14/h1-5,8-9H,6-7H2. The minimum Gasteiger partial charge on any atom is -0.294 e. The molecule has 0 radical (unpaired) electrons. The van der Waals surface area contributed by atoms with Gasteiger partial charge in [0.05, 0.1) is 5.56 Å². The van der Waals surface area contributed by atoms with Gasteiger partial charge >= 0.3 is 0 Å². The van der Waals surface area contributed by atoms with Gasteiger partial charge in [0, 0.05) is 25.2 Å². The summed E-state index contributed by atoms with van der Waals surface area (Å²) in [5, 5.41) is 0. The van der Waals surface area contributed by atoms with Gasteiger partial charge in [0.15, 0.2) is 17.4 Å². The van der Waals surface area contributed by atoms with Crippen molar-refractivity contribution in [1.29, 1.82) is 0 Å².